The highest BCUT2D eigenvalue weighted by Crippen LogP contribution is 2.26. The summed E-state index contributed by atoms with van der Waals surface area (Å²) in [7, 11) is 0. The van der Waals surface area contributed by atoms with Gasteiger partial charge in [0.15, 0.2) is 0 Å². The molecule has 0 aromatic heterocycles. The number of ether oxygens (including phenoxy) is 1. The van der Waals surface area contributed by atoms with Crippen LogP contribution in [-0.2, 0) is 9.53 Å². The van der Waals surface area contributed by atoms with Gasteiger partial charge in [0.2, 0.25) is 5.91 Å². The Morgan fingerprint density at radius 3 is 2.61 bits per heavy atom. The summed E-state index contributed by atoms with van der Waals surface area (Å²) >= 11 is 5.95. The molecule has 1 aliphatic heterocycles. The van der Waals surface area contributed by atoms with Crippen LogP contribution in [0.2, 0.25) is 0 Å². The van der Waals surface area contributed by atoms with E-state index >= 15 is 0 Å². The molecule has 1 saturated heterocycles. The number of amides is 1. The van der Waals surface area contributed by atoms with E-state index in [1.165, 1.54) is 11.0 Å². The predicted molar refractivity (Wildman–Crippen MR) is 62.4 cm³/mol. The molecule has 0 N–H and O–H groups in total. The van der Waals surface area contributed by atoms with E-state index in [2.05, 4.69) is 0 Å². The van der Waals surface area contributed by atoms with Crippen LogP contribution in [0.25, 0.3) is 0 Å². The van der Waals surface area contributed by atoms with Gasteiger partial charge >= 0.3 is 0 Å². The van der Waals surface area contributed by atoms with Gasteiger partial charge in [0.05, 0.1) is 13.2 Å². The van der Waals surface area contributed by atoms with E-state index in [1.54, 1.807) is 0 Å². The number of morpholine rings is 1. The maximum atomic E-state index is 13.5. The molecule has 0 aliphatic carbocycles. The zero-order chi connectivity index (χ0) is 13.1. The highest BCUT2D eigenvalue weighted by molar-refractivity contribution is 6.30. The lowest BCUT2D eigenvalue weighted by Crippen LogP contribution is -2.42. The summed E-state index contributed by atoms with van der Waals surface area (Å²) in [6.07, 6.45) is 0. The first kappa shape index (κ1) is 13.2. The number of rotatable bonds is 2. The molecule has 1 amide bonds. The maximum Gasteiger partial charge on any atom is 0.245 e. The lowest BCUT2D eigenvalue weighted by molar-refractivity contribution is -0.135. The Balaban J connectivity index is 2.14. The summed E-state index contributed by atoms with van der Waals surface area (Å²) < 4.78 is 31.4. The fraction of sp³-hybridized carbons (Fsp3) is 0.417. The summed E-state index contributed by atoms with van der Waals surface area (Å²) in [5, 5.41) is -1.14. The monoisotopic (exact) mass is 275 g/mol. The molecule has 0 spiro atoms. The number of halogens is 3. The van der Waals surface area contributed by atoms with E-state index in [0.29, 0.717) is 26.3 Å². The molecule has 2 rings (SSSR count). The van der Waals surface area contributed by atoms with Gasteiger partial charge in [0.1, 0.15) is 17.0 Å². The molecule has 98 valence electrons. The van der Waals surface area contributed by atoms with Gasteiger partial charge in [-0.3, -0.25) is 4.79 Å². The molecule has 0 bridgehead atoms. The Morgan fingerprint density at radius 1 is 1.33 bits per heavy atom. The summed E-state index contributed by atoms with van der Waals surface area (Å²) in [6, 6.07) is 3.00. The van der Waals surface area contributed by atoms with E-state index in [0.717, 1.165) is 12.1 Å². The van der Waals surface area contributed by atoms with Crippen LogP contribution in [-0.4, -0.2) is 37.1 Å². The molecule has 1 atom stereocenters. The zero-order valence-corrected chi connectivity index (χ0v) is 10.3. The van der Waals surface area contributed by atoms with Gasteiger partial charge in [-0.2, -0.15) is 0 Å². The van der Waals surface area contributed by atoms with Crippen LogP contribution < -0.4 is 0 Å². The van der Waals surface area contributed by atoms with Crippen molar-refractivity contribution >= 4 is 17.5 Å². The van der Waals surface area contributed by atoms with E-state index in [4.69, 9.17) is 16.3 Å². The van der Waals surface area contributed by atoms with Crippen molar-refractivity contribution in [2.24, 2.45) is 0 Å². The summed E-state index contributed by atoms with van der Waals surface area (Å²) in [4.78, 5) is 13.5. The van der Waals surface area contributed by atoms with Crippen LogP contribution in [0.5, 0.6) is 0 Å². The molecule has 1 aliphatic rings. The number of hydrogen-bond acceptors (Lipinski definition) is 2. The van der Waals surface area contributed by atoms with Gasteiger partial charge < -0.3 is 9.64 Å². The van der Waals surface area contributed by atoms with Gasteiger partial charge in [-0.1, -0.05) is 6.07 Å². The quantitative estimate of drug-likeness (QED) is 0.774. The second-order valence-electron chi connectivity index (χ2n) is 3.97. The molecule has 6 heteroatoms. The fourth-order valence-corrected chi connectivity index (χ4v) is 2.10. The standard InChI is InChI=1S/C12H12ClF2NO2/c13-11(9-2-1-8(14)7-10(9)15)12(17)16-3-5-18-6-4-16/h1-2,7,11H,3-6H2. The van der Waals surface area contributed by atoms with E-state index in [1.807, 2.05) is 0 Å². The summed E-state index contributed by atoms with van der Waals surface area (Å²) in [6.45, 7) is 1.76. The summed E-state index contributed by atoms with van der Waals surface area (Å²) in [5.41, 5.74) is -0.00504. The fourth-order valence-electron chi connectivity index (χ4n) is 1.78. The van der Waals surface area contributed by atoms with Gasteiger partial charge in [-0.05, 0) is 6.07 Å². The Kier molecular flexibility index (Phi) is 4.14. The average Bonchev–Trinajstić information content (AvgIpc) is 2.38. The molecule has 0 saturated carbocycles. The van der Waals surface area contributed by atoms with Crippen LogP contribution >= 0.6 is 11.6 Å². The van der Waals surface area contributed by atoms with Crippen molar-refractivity contribution in [2.75, 3.05) is 26.3 Å². The minimum atomic E-state index is -1.14. The van der Waals surface area contributed by atoms with Gasteiger partial charge in [-0.25, -0.2) is 8.78 Å². The van der Waals surface area contributed by atoms with Crippen molar-refractivity contribution in [3.8, 4) is 0 Å². The van der Waals surface area contributed by atoms with Gasteiger partial charge in [-0.15, -0.1) is 11.6 Å². The minimum Gasteiger partial charge on any atom is -0.378 e. The lowest BCUT2D eigenvalue weighted by atomic mass is 10.1. The molecule has 0 radical (unpaired) electrons. The summed E-state index contributed by atoms with van der Waals surface area (Å²) in [5.74, 6) is -1.89. The Labute approximate surface area is 108 Å². The van der Waals surface area contributed by atoms with Gasteiger partial charge in [0, 0.05) is 24.7 Å². The molecule has 1 heterocycles. The second-order valence-corrected chi connectivity index (χ2v) is 4.40. The number of hydrogen-bond donors (Lipinski definition) is 0. The first-order valence-electron chi connectivity index (χ1n) is 5.55. The third kappa shape index (κ3) is 2.79. The van der Waals surface area contributed by atoms with Crippen LogP contribution in [0.1, 0.15) is 10.9 Å². The van der Waals surface area contributed by atoms with Crippen LogP contribution in [0.4, 0.5) is 8.78 Å². The lowest BCUT2D eigenvalue weighted by Gasteiger charge is -2.28. The molecule has 1 aromatic rings. The van der Waals surface area contributed by atoms with Crippen molar-refractivity contribution in [1.29, 1.82) is 0 Å². The normalized spacial score (nSPS) is 17.6. The van der Waals surface area contributed by atoms with Crippen molar-refractivity contribution in [1.82, 2.24) is 4.90 Å². The Hall–Kier alpha value is -1.20. The second kappa shape index (κ2) is 5.63. The number of benzene rings is 1. The van der Waals surface area contributed by atoms with E-state index < -0.39 is 17.0 Å². The third-order valence-electron chi connectivity index (χ3n) is 2.78. The third-order valence-corrected chi connectivity index (χ3v) is 3.20. The number of alkyl halides is 1. The first-order valence-corrected chi connectivity index (χ1v) is 5.99. The molecule has 18 heavy (non-hydrogen) atoms. The van der Waals surface area contributed by atoms with Crippen molar-refractivity contribution < 1.29 is 18.3 Å². The van der Waals surface area contributed by atoms with Crippen molar-refractivity contribution in [3.63, 3.8) is 0 Å². The SMILES string of the molecule is O=C(C(Cl)c1ccc(F)cc1F)N1CCOCC1. The number of carbonyl (C=O) groups is 1. The van der Waals surface area contributed by atoms with Crippen LogP contribution in [0.3, 0.4) is 0 Å². The molecular formula is C12H12ClF2NO2. The van der Waals surface area contributed by atoms with E-state index in [9.17, 15) is 13.6 Å². The number of carbonyl (C=O) groups excluding carboxylic acids is 1. The average molecular weight is 276 g/mol. The Bertz CT molecular complexity index is 450. The highest BCUT2D eigenvalue weighted by Gasteiger charge is 2.27. The topological polar surface area (TPSA) is 29.5 Å². The molecule has 1 fully saturated rings. The molecule has 3 nitrogen and oxygen atoms in total. The first-order chi connectivity index (χ1) is 8.59. The minimum absolute atomic E-state index is 0.00504. The largest absolute Gasteiger partial charge is 0.378 e. The molecule has 1 unspecified atom stereocenters. The van der Waals surface area contributed by atoms with Crippen molar-refractivity contribution in [2.45, 2.75) is 5.38 Å². The zero-order valence-electron chi connectivity index (χ0n) is 9.54. The number of nitrogens with zero attached hydrogens (tertiary/aromatic N) is 1. The Morgan fingerprint density at radius 2 is 2.00 bits per heavy atom. The van der Waals surface area contributed by atoms with Crippen molar-refractivity contribution in [3.05, 3.63) is 35.4 Å². The predicted octanol–water partition coefficient (Wildman–Crippen LogP) is 2.10. The van der Waals surface area contributed by atoms with E-state index in [-0.39, 0.29) is 11.5 Å². The highest BCUT2D eigenvalue weighted by atomic mass is 35.5. The molecule has 1 aromatic carbocycles. The molecular weight excluding hydrogens is 264 g/mol. The maximum absolute atomic E-state index is 13.5. The smallest absolute Gasteiger partial charge is 0.245 e. The van der Waals surface area contributed by atoms with Crippen LogP contribution in [0, 0.1) is 11.6 Å². The van der Waals surface area contributed by atoms with Crippen LogP contribution in [0.15, 0.2) is 18.2 Å². The van der Waals surface area contributed by atoms with Gasteiger partial charge in [0.25, 0.3) is 0 Å².